The van der Waals surface area contributed by atoms with E-state index in [2.05, 4.69) is 10.9 Å². The number of hydrazine groups is 2. The minimum atomic E-state index is -1.07. The molecule has 0 aliphatic carbocycles. The maximum Gasteiger partial charge on any atom is 0.348 e. The van der Waals surface area contributed by atoms with E-state index in [1.54, 1.807) is 0 Å². The molecule has 1 aliphatic heterocycles. The van der Waals surface area contributed by atoms with Crippen molar-refractivity contribution in [2.24, 2.45) is 0 Å². The average molecular weight is 174 g/mol. The van der Waals surface area contributed by atoms with Gasteiger partial charge in [-0.1, -0.05) is 0 Å². The zero-order valence-electron chi connectivity index (χ0n) is 6.74. The number of hydrogen-bond acceptors (Lipinski definition) is 4. The molecule has 1 rings (SSSR count). The Morgan fingerprint density at radius 2 is 1.83 bits per heavy atom. The predicted octanol–water partition coefficient (Wildman–Crippen LogP) is -1.60. The first-order valence-corrected chi connectivity index (χ1v) is 3.29. The summed E-state index contributed by atoms with van der Waals surface area (Å²) in [5, 5.41) is 10.8. The molecule has 7 nitrogen and oxygen atoms in total. The summed E-state index contributed by atoms with van der Waals surface area (Å²) < 4.78 is 0. The number of amides is 2. The number of carbonyl (C=O) groups is 2. The molecule has 12 heavy (non-hydrogen) atoms. The monoisotopic (exact) mass is 174 g/mol. The van der Waals surface area contributed by atoms with E-state index in [0.29, 0.717) is 0 Å². The van der Waals surface area contributed by atoms with Crippen molar-refractivity contribution in [3.63, 3.8) is 0 Å². The van der Waals surface area contributed by atoms with Gasteiger partial charge in [-0.05, 0) is 0 Å². The number of rotatable bonds is 1. The molecule has 0 atom stereocenters. The van der Waals surface area contributed by atoms with Crippen LogP contribution in [0.25, 0.3) is 0 Å². The van der Waals surface area contributed by atoms with Crippen LogP contribution in [0.2, 0.25) is 0 Å². The van der Waals surface area contributed by atoms with E-state index in [1.807, 2.05) is 0 Å². The lowest BCUT2D eigenvalue weighted by Crippen LogP contribution is -2.68. The molecule has 0 unspecified atom stereocenters. The highest BCUT2D eigenvalue weighted by Crippen LogP contribution is 1.96. The van der Waals surface area contributed by atoms with Crippen LogP contribution in [-0.2, 0) is 4.79 Å². The lowest BCUT2D eigenvalue weighted by atomic mass is 10.5. The Bertz CT molecular complexity index is 205. The highest BCUT2D eigenvalue weighted by atomic mass is 16.4. The molecule has 3 N–H and O–H groups in total. The van der Waals surface area contributed by atoms with Crippen molar-refractivity contribution in [2.75, 3.05) is 14.1 Å². The van der Waals surface area contributed by atoms with Crippen LogP contribution in [0.1, 0.15) is 0 Å². The fraction of sp³-hybridized carbons (Fsp3) is 0.600. The summed E-state index contributed by atoms with van der Waals surface area (Å²) in [4.78, 5) is 21.5. The van der Waals surface area contributed by atoms with Crippen molar-refractivity contribution in [3.05, 3.63) is 0 Å². The lowest BCUT2D eigenvalue weighted by Gasteiger charge is -2.35. The summed E-state index contributed by atoms with van der Waals surface area (Å²) in [5.74, 6) is -1.07. The van der Waals surface area contributed by atoms with Crippen LogP contribution < -0.4 is 10.9 Å². The minimum absolute atomic E-state index is 0.340. The standard InChI is InChI=1S/C5H10N4O3/c1-8-5(12)9(2)7-3(6-8)4(10)11/h3,6-7H,1-2H3,(H,10,11). The number of carboxylic acids is 1. The Hall–Kier alpha value is -1.34. The van der Waals surface area contributed by atoms with E-state index in [0.717, 1.165) is 10.0 Å². The second-order valence-corrected chi connectivity index (χ2v) is 2.43. The SMILES string of the molecule is CN1NC(C(=O)O)NN(C)C1=O. The number of carboxylic acid groups (broad SMARTS) is 1. The molecular weight excluding hydrogens is 164 g/mol. The van der Waals surface area contributed by atoms with Gasteiger partial charge < -0.3 is 5.11 Å². The molecular formula is C5H10N4O3. The molecule has 7 heteroatoms. The van der Waals surface area contributed by atoms with Gasteiger partial charge in [-0.25, -0.2) is 20.4 Å². The zero-order chi connectivity index (χ0) is 9.30. The Balaban J connectivity index is 2.65. The molecule has 1 aliphatic rings. The first kappa shape index (κ1) is 8.75. The number of carbonyl (C=O) groups excluding carboxylic acids is 1. The molecule has 68 valence electrons. The van der Waals surface area contributed by atoms with Gasteiger partial charge in [0, 0.05) is 14.1 Å². The highest BCUT2D eigenvalue weighted by molar-refractivity contribution is 5.78. The Morgan fingerprint density at radius 3 is 2.17 bits per heavy atom. The molecule has 1 heterocycles. The molecule has 0 aromatic rings. The average Bonchev–Trinajstić information content (AvgIpc) is 1.99. The van der Waals surface area contributed by atoms with Crippen LogP contribution in [-0.4, -0.2) is 47.4 Å². The van der Waals surface area contributed by atoms with Crippen LogP contribution >= 0.6 is 0 Å². The van der Waals surface area contributed by atoms with Crippen LogP contribution in [0, 0.1) is 0 Å². The summed E-state index contributed by atoms with van der Waals surface area (Å²) in [7, 11) is 2.91. The summed E-state index contributed by atoms with van der Waals surface area (Å²) in [6, 6.07) is -0.340. The van der Waals surface area contributed by atoms with Crippen LogP contribution in [0.3, 0.4) is 0 Å². The van der Waals surface area contributed by atoms with Gasteiger partial charge in [0.25, 0.3) is 0 Å². The van der Waals surface area contributed by atoms with Crippen LogP contribution in [0.5, 0.6) is 0 Å². The van der Waals surface area contributed by atoms with E-state index in [9.17, 15) is 9.59 Å². The van der Waals surface area contributed by atoms with Crippen LogP contribution in [0.15, 0.2) is 0 Å². The van der Waals surface area contributed by atoms with Gasteiger partial charge in [0.05, 0.1) is 0 Å². The van der Waals surface area contributed by atoms with Gasteiger partial charge in [-0.15, -0.1) is 0 Å². The van der Waals surface area contributed by atoms with Gasteiger partial charge in [0.2, 0.25) is 0 Å². The van der Waals surface area contributed by atoms with Gasteiger partial charge in [0.15, 0.2) is 6.17 Å². The second-order valence-electron chi connectivity index (χ2n) is 2.43. The number of hydrogen-bond donors (Lipinski definition) is 3. The number of nitrogens with zero attached hydrogens (tertiary/aromatic N) is 2. The molecule has 0 spiro atoms. The van der Waals surface area contributed by atoms with Crippen molar-refractivity contribution in [1.82, 2.24) is 20.9 Å². The quantitative estimate of drug-likeness (QED) is 0.446. The maximum atomic E-state index is 11.0. The second kappa shape index (κ2) is 2.95. The summed E-state index contributed by atoms with van der Waals surface area (Å²) in [6.07, 6.45) is -0.960. The predicted molar refractivity (Wildman–Crippen MR) is 38.6 cm³/mol. The summed E-state index contributed by atoms with van der Waals surface area (Å²) in [6.45, 7) is 0. The Kier molecular flexibility index (Phi) is 2.15. The van der Waals surface area contributed by atoms with Gasteiger partial charge in [0.1, 0.15) is 0 Å². The Labute approximate surface area is 68.9 Å². The Morgan fingerprint density at radius 1 is 1.42 bits per heavy atom. The number of urea groups is 1. The van der Waals surface area contributed by atoms with E-state index in [-0.39, 0.29) is 6.03 Å². The fourth-order valence-electron chi connectivity index (χ4n) is 0.862. The summed E-state index contributed by atoms with van der Waals surface area (Å²) in [5.41, 5.74) is 4.85. The smallest absolute Gasteiger partial charge is 0.348 e. The maximum absolute atomic E-state index is 11.0. The highest BCUT2D eigenvalue weighted by Gasteiger charge is 2.30. The zero-order valence-corrected chi connectivity index (χ0v) is 6.74. The number of nitrogens with one attached hydrogen (secondary N) is 2. The fourth-order valence-corrected chi connectivity index (χ4v) is 0.862. The molecule has 0 saturated carbocycles. The van der Waals surface area contributed by atoms with E-state index >= 15 is 0 Å². The minimum Gasteiger partial charge on any atom is -0.479 e. The lowest BCUT2D eigenvalue weighted by molar-refractivity contribution is -0.144. The molecule has 2 amide bonds. The van der Waals surface area contributed by atoms with Crippen molar-refractivity contribution in [1.29, 1.82) is 0 Å². The molecule has 0 bridgehead atoms. The topological polar surface area (TPSA) is 84.9 Å². The first-order valence-electron chi connectivity index (χ1n) is 3.29. The normalized spacial score (nSPS) is 20.0. The van der Waals surface area contributed by atoms with Crippen molar-refractivity contribution < 1.29 is 14.7 Å². The van der Waals surface area contributed by atoms with Crippen molar-refractivity contribution >= 4 is 12.0 Å². The third kappa shape index (κ3) is 1.46. The molecule has 0 aromatic carbocycles. The molecule has 0 aromatic heterocycles. The largest absolute Gasteiger partial charge is 0.479 e. The molecule has 1 saturated heterocycles. The van der Waals surface area contributed by atoms with Gasteiger partial charge >= 0.3 is 12.0 Å². The van der Waals surface area contributed by atoms with E-state index in [1.165, 1.54) is 14.1 Å². The first-order chi connectivity index (χ1) is 5.52. The van der Waals surface area contributed by atoms with E-state index < -0.39 is 12.1 Å². The van der Waals surface area contributed by atoms with Gasteiger partial charge in [-0.2, -0.15) is 0 Å². The molecule has 1 fully saturated rings. The third-order valence-corrected chi connectivity index (χ3v) is 1.47. The van der Waals surface area contributed by atoms with Gasteiger partial charge in [-0.3, -0.25) is 10.0 Å². The van der Waals surface area contributed by atoms with E-state index in [4.69, 9.17) is 5.11 Å². The summed E-state index contributed by atoms with van der Waals surface area (Å²) >= 11 is 0. The third-order valence-electron chi connectivity index (χ3n) is 1.47. The van der Waals surface area contributed by atoms with Crippen molar-refractivity contribution in [2.45, 2.75) is 6.17 Å². The molecule has 0 radical (unpaired) electrons. The number of aliphatic carboxylic acids is 1. The van der Waals surface area contributed by atoms with Crippen molar-refractivity contribution in [3.8, 4) is 0 Å². The van der Waals surface area contributed by atoms with Crippen LogP contribution in [0.4, 0.5) is 4.79 Å².